The number of carbonyl (C=O) groups is 1. The number of amides is 1. The molecule has 1 atom stereocenters. The number of hydrogen-bond acceptors (Lipinski definition) is 5. The van der Waals surface area contributed by atoms with E-state index >= 15 is 0 Å². The van der Waals surface area contributed by atoms with E-state index in [0.717, 1.165) is 63.5 Å². The largest absolute Gasteiger partial charge is 0.476 e. The van der Waals surface area contributed by atoms with Crippen molar-refractivity contribution in [1.82, 2.24) is 24.5 Å². The lowest BCUT2D eigenvalue weighted by molar-refractivity contribution is -0.155. The van der Waals surface area contributed by atoms with Gasteiger partial charge in [0.25, 0.3) is 5.91 Å². The van der Waals surface area contributed by atoms with Crippen LogP contribution in [0.25, 0.3) is 5.69 Å². The van der Waals surface area contributed by atoms with Crippen LogP contribution in [-0.2, 0) is 11.3 Å². The summed E-state index contributed by atoms with van der Waals surface area (Å²) in [6.45, 7) is 7.70. The molecule has 2 saturated heterocycles. The number of likely N-dealkylation sites (tertiary alicyclic amines) is 1. The zero-order chi connectivity index (χ0) is 24.3. The number of nitrogens with zero attached hydrogens (tertiary/aromatic N) is 5. The summed E-state index contributed by atoms with van der Waals surface area (Å²) < 4.78 is 8.48. The summed E-state index contributed by atoms with van der Waals surface area (Å²) >= 11 is 0. The van der Waals surface area contributed by atoms with E-state index < -0.39 is 5.60 Å². The Morgan fingerprint density at radius 1 is 1.00 bits per heavy atom. The maximum Gasteiger partial charge on any atom is 0.268 e. The standard InChI is InChI=1S/C28H35N5O2/c1-23-5-11-26(12-6-23)35-28(27(34)32-19-17-30(2)18-20-32)13-3-15-31(22-28)21-24-7-9-25(10-8-24)33-16-4-14-29-33/h4-12,14,16H,3,13,15,17-22H2,1-2H3. The first-order valence-corrected chi connectivity index (χ1v) is 12.6. The molecular formula is C28H35N5O2. The molecule has 3 heterocycles. The van der Waals surface area contributed by atoms with Crippen molar-refractivity contribution in [3.05, 3.63) is 78.1 Å². The summed E-state index contributed by atoms with van der Waals surface area (Å²) in [6, 6.07) is 18.5. The average Bonchev–Trinajstić information content (AvgIpc) is 3.41. The topological polar surface area (TPSA) is 53.8 Å². The molecule has 2 fully saturated rings. The van der Waals surface area contributed by atoms with Gasteiger partial charge in [-0.05, 0) is 69.3 Å². The average molecular weight is 474 g/mol. The summed E-state index contributed by atoms with van der Waals surface area (Å²) in [7, 11) is 2.11. The first kappa shape index (κ1) is 23.6. The minimum absolute atomic E-state index is 0.130. The highest BCUT2D eigenvalue weighted by molar-refractivity contribution is 5.86. The molecule has 7 nitrogen and oxygen atoms in total. The summed E-state index contributed by atoms with van der Waals surface area (Å²) in [6.07, 6.45) is 5.39. The van der Waals surface area contributed by atoms with Gasteiger partial charge in [-0.2, -0.15) is 5.10 Å². The van der Waals surface area contributed by atoms with Crippen LogP contribution in [0.2, 0.25) is 0 Å². The lowest BCUT2D eigenvalue weighted by Crippen LogP contribution is -2.63. The number of benzene rings is 2. The van der Waals surface area contributed by atoms with Crippen LogP contribution in [-0.4, -0.2) is 82.3 Å². The number of piperidine rings is 1. The molecule has 0 spiro atoms. The lowest BCUT2D eigenvalue weighted by Gasteiger charge is -2.45. The van der Waals surface area contributed by atoms with E-state index in [0.29, 0.717) is 6.54 Å². The molecule has 3 aromatic rings. The Labute approximate surface area is 207 Å². The number of likely N-dealkylation sites (N-methyl/N-ethyl adjacent to an activating group) is 1. The predicted molar refractivity (Wildman–Crippen MR) is 137 cm³/mol. The molecule has 7 heteroatoms. The molecule has 0 aliphatic carbocycles. The third kappa shape index (κ3) is 5.41. The number of aromatic nitrogens is 2. The fraction of sp³-hybridized carbons (Fsp3) is 0.429. The van der Waals surface area contributed by atoms with E-state index in [4.69, 9.17) is 4.74 Å². The second-order valence-corrected chi connectivity index (χ2v) is 9.94. The molecule has 1 amide bonds. The van der Waals surface area contributed by atoms with Crippen LogP contribution >= 0.6 is 0 Å². The highest BCUT2D eigenvalue weighted by atomic mass is 16.5. The Hall–Kier alpha value is -3.16. The lowest BCUT2D eigenvalue weighted by atomic mass is 9.90. The molecule has 2 aliphatic rings. The van der Waals surface area contributed by atoms with Gasteiger partial charge in [-0.25, -0.2) is 4.68 Å². The molecule has 0 radical (unpaired) electrons. The van der Waals surface area contributed by atoms with E-state index in [2.05, 4.69) is 53.1 Å². The van der Waals surface area contributed by atoms with Crippen molar-refractivity contribution < 1.29 is 9.53 Å². The summed E-state index contributed by atoms with van der Waals surface area (Å²) in [5, 5.41) is 4.31. The Morgan fingerprint density at radius 3 is 2.43 bits per heavy atom. The van der Waals surface area contributed by atoms with Crippen molar-refractivity contribution >= 4 is 5.91 Å². The minimum Gasteiger partial charge on any atom is -0.476 e. The summed E-state index contributed by atoms with van der Waals surface area (Å²) in [5.74, 6) is 0.897. The number of ether oxygens (including phenoxy) is 1. The number of hydrogen-bond donors (Lipinski definition) is 0. The smallest absolute Gasteiger partial charge is 0.268 e. The molecule has 0 bridgehead atoms. The Kier molecular flexibility index (Phi) is 6.88. The molecule has 2 aliphatic heterocycles. The van der Waals surface area contributed by atoms with E-state index in [1.54, 1.807) is 6.20 Å². The van der Waals surface area contributed by atoms with E-state index in [-0.39, 0.29) is 5.91 Å². The Morgan fingerprint density at radius 2 is 1.74 bits per heavy atom. The van der Waals surface area contributed by atoms with E-state index in [1.165, 1.54) is 11.1 Å². The van der Waals surface area contributed by atoms with Gasteiger partial charge in [-0.1, -0.05) is 29.8 Å². The van der Waals surface area contributed by atoms with Crippen molar-refractivity contribution in [2.45, 2.75) is 31.9 Å². The maximum absolute atomic E-state index is 14.0. The third-order valence-corrected chi connectivity index (χ3v) is 7.16. The number of carbonyl (C=O) groups excluding carboxylic acids is 1. The highest BCUT2D eigenvalue weighted by Gasteiger charge is 2.47. The predicted octanol–water partition coefficient (Wildman–Crippen LogP) is 3.37. The molecule has 1 aromatic heterocycles. The van der Waals surface area contributed by atoms with Crippen LogP contribution in [0.15, 0.2) is 67.0 Å². The van der Waals surface area contributed by atoms with Crippen LogP contribution in [0.4, 0.5) is 0 Å². The van der Waals surface area contributed by atoms with Crippen molar-refractivity contribution in [3.63, 3.8) is 0 Å². The van der Waals surface area contributed by atoms with E-state index in [9.17, 15) is 4.79 Å². The first-order valence-electron chi connectivity index (χ1n) is 12.6. The van der Waals surface area contributed by atoms with Crippen LogP contribution in [0.5, 0.6) is 5.75 Å². The third-order valence-electron chi connectivity index (χ3n) is 7.16. The molecular weight excluding hydrogens is 438 g/mol. The molecule has 184 valence electrons. The van der Waals surface area contributed by atoms with Gasteiger partial charge in [0, 0.05) is 51.7 Å². The Bertz CT molecular complexity index is 1110. The highest BCUT2D eigenvalue weighted by Crippen LogP contribution is 2.31. The summed E-state index contributed by atoms with van der Waals surface area (Å²) in [4.78, 5) is 20.6. The Balaban J connectivity index is 1.35. The molecule has 0 N–H and O–H groups in total. The number of piperazine rings is 1. The zero-order valence-corrected chi connectivity index (χ0v) is 20.8. The SMILES string of the molecule is Cc1ccc(OC2(C(=O)N3CCN(C)CC3)CCCN(Cc3ccc(-n4cccn4)cc3)C2)cc1. The van der Waals surface area contributed by atoms with Gasteiger partial charge in [0.1, 0.15) is 5.75 Å². The van der Waals surface area contributed by atoms with Crippen molar-refractivity contribution in [2.24, 2.45) is 0 Å². The van der Waals surface area contributed by atoms with Crippen LogP contribution in [0.3, 0.4) is 0 Å². The van der Waals surface area contributed by atoms with Gasteiger partial charge in [0.15, 0.2) is 5.60 Å². The fourth-order valence-corrected chi connectivity index (χ4v) is 5.11. The number of aryl methyl sites for hydroxylation is 1. The van der Waals surface area contributed by atoms with Gasteiger partial charge in [-0.3, -0.25) is 9.69 Å². The molecule has 0 saturated carbocycles. The van der Waals surface area contributed by atoms with Gasteiger partial charge in [0.2, 0.25) is 0 Å². The van der Waals surface area contributed by atoms with Gasteiger partial charge >= 0.3 is 0 Å². The van der Waals surface area contributed by atoms with Crippen LogP contribution in [0.1, 0.15) is 24.0 Å². The van der Waals surface area contributed by atoms with Crippen molar-refractivity contribution in [2.75, 3.05) is 46.3 Å². The van der Waals surface area contributed by atoms with Crippen molar-refractivity contribution in [3.8, 4) is 11.4 Å². The quantitative estimate of drug-likeness (QED) is 0.550. The van der Waals surface area contributed by atoms with Crippen molar-refractivity contribution in [1.29, 1.82) is 0 Å². The summed E-state index contributed by atoms with van der Waals surface area (Å²) in [5.41, 5.74) is 2.58. The molecule has 5 rings (SSSR count). The van der Waals surface area contributed by atoms with E-state index in [1.807, 2.05) is 46.1 Å². The molecule has 2 aromatic carbocycles. The van der Waals surface area contributed by atoms with Crippen LogP contribution < -0.4 is 4.74 Å². The first-order chi connectivity index (χ1) is 17.0. The maximum atomic E-state index is 14.0. The van der Waals surface area contributed by atoms with Gasteiger partial charge < -0.3 is 14.5 Å². The molecule has 35 heavy (non-hydrogen) atoms. The van der Waals surface area contributed by atoms with Crippen LogP contribution in [0, 0.1) is 6.92 Å². The van der Waals surface area contributed by atoms with Gasteiger partial charge in [0.05, 0.1) is 5.69 Å². The second-order valence-electron chi connectivity index (χ2n) is 9.94. The second kappa shape index (κ2) is 10.2. The number of rotatable bonds is 6. The molecule has 1 unspecified atom stereocenters. The van der Waals surface area contributed by atoms with Gasteiger partial charge in [-0.15, -0.1) is 0 Å². The zero-order valence-electron chi connectivity index (χ0n) is 20.8. The minimum atomic E-state index is -0.863. The monoisotopic (exact) mass is 473 g/mol. The normalized spacial score (nSPS) is 21.7. The fourth-order valence-electron chi connectivity index (χ4n) is 5.11.